The lowest BCUT2D eigenvalue weighted by Crippen LogP contribution is -2.23. The zero-order valence-corrected chi connectivity index (χ0v) is 8.33. The van der Waals surface area contributed by atoms with Crippen LogP contribution in [0.2, 0.25) is 0 Å². The summed E-state index contributed by atoms with van der Waals surface area (Å²) in [5.74, 6) is 0.866. The second kappa shape index (κ2) is 6.02. The molecule has 0 fully saturated rings. The molecule has 13 heavy (non-hydrogen) atoms. The van der Waals surface area contributed by atoms with E-state index in [0.717, 1.165) is 5.75 Å². The Morgan fingerprint density at radius 1 is 1.31 bits per heavy atom. The fraction of sp³-hybridized carbons (Fsp3) is 0.400. The topological polar surface area (TPSA) is 46.2 Å². The molecular weight excluding hydrogens is 182 g/mol. The molecule has 0 aromatic heterocycles. The molecule has 0 aliphatic rings. The largest absolute Gasteiger partial charge is 0.396 e. The summed E-state index contributed by atoms with van der Waals surface area (Å²) < 4.78 is 0. The van der Waals surface area contributed by atoms with Crippen LogP contribution in [-0.4, -0.2) is 23.5 Å². The molecule has 3 heteroatoms. The number of hydrogen-bond donors (Lipinski definition) is 2. The smallest absolute Gasteiger partial charge is 0.0446 e. The van der Waals surface area contributed by atoms with Crippen LogP contribution in [0.15, 0.2) is 35.2 Å². The van der Waals surface area contributed by atoms with E-state index in [-0.39, 0.29) is 12.6 Å². The molecule has 2 nitrogen and oxygen atoms in total. The highest BCUT2D eigenvalue weighted by Gasteiger charge is 2.01. The molecule has 0 spiro atoms. The van der Waals surface area contributed by atoms with Crippen LogP contribution in [0.25, 0.3) is 0 Å². The molecule has 0 unspecified atom stereocenters. The number of nitrogens with two attached hydrogens (primary N) is 1. The Morgan fingerprint density at radius 3 is 2.62 bits per heavy atom. The zero-order chi connectivity index (χ0) is 9.52. The lowest BCUT2D eigenvalue weighted by atomic mass is 10.3. The Kier molecular flexibility index (Phi) is 4.90. The van der Waals surface area contributed by atoms with Gasteiger partial charge in [0.05, 0.1) is 0 Å². The van der Waals surface area contributed by atoms with Crippen LogP contribution >= 0.6 is 11.8 Å². The Balaban J connectivity index is 2.27. The fourth-order valence-electron chi connectivity index (χ4n) is 0.969. The van der Waals surface area contributed by atoms with Crippen LogP contribution in [0.1, 0.15) is 6.42 Å². The number of aliphatic hydroxyl groups is 1. The zero-order valence-electron chi connectivity index (χ0n) is 7.52. The van der Waals surface area contributed by atoms with Gasteiger partial charge in [0.25, 0.3) is 0 Å². The third-order valence-electron chi connectivity index (χ3n) is 1.71. The first-order chi connectivity index (χ1) is 6.33. The molecule has 1 aromatic rings. The van der Waals surface area contributed by atoms with Crippen molar-refractivity contribution in [3.05, 3.63) is 30.3 Å². The van der Waals surface area contributed by atoms with Crippen LogP contribution in [-0.2, 0) is 0 Å². The fourth-order valence-corrected chi connectivity index (χ4v) is 1.89. The Bertz CT molecular complexity index is 228. The first-order valence-corrected chi connectivity index (χ1v) is 5.36. The van der Waals surface area contributed by atoms with E-state index in [2.05, 4.69) is 12.1 Å². The second-order valence-electron chi connectivity index (χ2n) is 2.90. The van der Waals surface area contributed by atoms with E-state index in [1.54, 1.807) is 11.8 Å². The standard InChI is InChI=1S/C10H15NOS/c11-9(6-7-12)8-13-10-4-2-1-3-5-10/h1-5,9,12H,6-8,11H2/t9-/m1/s1. The van der Waals surface area contributed by atoms with Crippen LogP contribution in [0.5, 0.6) is 0 Å². The van der Waals surface area contributed by atoms with E-state index in [9.17, 15) is 0 Å². The van der Waals surface area contributed by atoms with Crippen molar-refractivity contribution < 1.29 is 5.11 Å². The van der Waals surface area contributed by atoms with Crippen LogP contribution in [0.3, 0.4) is 0 Å². The average molecular weight is 197 g/mol. The van der Waals surface area contributed by atoms with Crippen molar-refractivity contribution in [2.45, 2.75) is 17.4 Å². The van der Waals surface area contributed by atoms with Crippen molar-refractivity contribution in [1.29, 1.82) is 0 Å². The highest BCUT2D eigenvalue weighted by atomic mass is 32.2. The summed E-state index contributed by atoms with van der Waals surface area (Å²) in [4.78, 5) is 1.23. The highest BCUT2D eigenvalue weighted by Crippen LogP contribution is 2.17. The van der Waals surface area contributed by atoms with Crippen molar-refractivity contribution in [1.82, 2.24) is 0 Å². The number of thioether (sulfide) groups is 1. The van der Waals surface area contributed by atoms with Gasteiger partial charge in [-0.15, -0.1) is 11.8 Å². The molecule has 0 aliphatic carbocycles. The molecule has 0 amide bonds. The van der Waals surface area contributed by atoms with Crippen molar-refractivity contribution >= 4 is 11.8 Å². The van der Waals surface area contributed by atoms with Gasteiger partial charge in [0.1, 0.15) is 0 Å². The van der Waals surface area contributed by atoms with E-state index < -0.39 is 0 Å². The summed E-state index contributed by atoms with van der Waals surface area (Å²) in [5.41, 5.74) is 5.75. The van der Waals surface area contributed by atoms with E-state index in [4.69, 9.17) is 10.8 Å². The van der Waals surface area contributed by atoms with Gasteiger partial charge >= 0.3 is 0 Å². The molecule has 1 atom stereocenters. The Morgan fingerprint density at radius 2 is 2.00 bits per heavy atom. The quantitative estimate of drug-likeness (QED) is 0.703. The molecule has 1 aromatic carbocycles. The van der Waals surface area contributed by atoms with Gasteiger partial charge in [-0.25, -0.2) is 0 Å². The maximum absolute atomic E-state index is 8.64. The lowest BCUT2D eigenvalue weighted by molar-refractivity contribution is 0.279. The van der Waals surface area contributed by atoms with Gasteiger partial charge in [0, 0.05) is 23.3 Å². The maximum Gasteiger partial charge on any atom is 0.0446 e. The highest BCUT2D eigenvalue weighted by molar-refractivity contribution is 7.99. The van der Waals surface area contributed by atoms with Gasteiger partial charge in [-0.2, -0.15) is 0 Å². The van der Waals surface area contributed by atoms with E-state index in [1.807, 2.05) is 18.2 Å². The first-order valence-electron chi connectivity index (χ1n) is 4.37. The van der Waals surface area contributed by atoms with Crippen LogP contribution in [0, 0.1) is 0 Å². The van der Waals surface area contributed by atoms with Gasteiger partial charge in [-0.05, 0) is 18.6 Å². The van der Waals surface area contributed by atoms with Gasteiger partial charge in [-0.3, -0.25) is 0 Å². The third-order valence-corrected chi connectivity index (χ3v) is 2.91. The summed E-state index contributed by atoms with van der Waals surface area (Å²) in [6, 6.07) is 10.2. The molecule has 3 N–H and O–H groups in total. The van der Waals surface area contributed by atoms with Crippen molar-refractivity contribution in [3.8, 4) is 0 Å². The number of aliphatic hydroxyl groups excluding tert-OH is 1. The summed E-state index contributed by atoms with van der Waals surface area (Å²) in [6.45, 7) is 0.177. The summed E-state index contributed by atoms with van der Waals surface area (Å²) in [7, 11) is 0. The minimum atomic E-state index is 0.0928. The minimum Gasteiger partial charge on any atom is -0.396 e. The maximum atomic E-state index is 8.64. The molecule has 0 radical (unpaired) electrons. The van der Waals surface area contributed by atoms with Crippen molar-refractivity contribution in [2.75, 3.05) is 12.4 Å². The normalized spacial score (nSPS) is 12.8. The van der Waals surface area contributed by atoms with Gasteiger partial charge in [0.2, 0.25) is 0 Å². The molecule has 0 aliphatic heterocycles. The molecule has 0 heterocycles. The van der Waals surface area contributed by atoms with E-state index >= 15 is 0 Å². The Labute approximate surface area is 83.1 Å². The monoisotopic (exact) mass is 197 g/mol. The number of hydrogen-bond acceptors (Lipinski definition) is 3. The van der Waals surface area contributed by atoms with E-state index in [0.29, 0.717) is 6.42 Å². The molecule has 0 saturated heterocycles. The summed E-state index contributed by atoms with van der Waals surface area (Å²) in [6.07, 6.45) is 0.680. The summed E-state index contributed by atoms with van der Waals surface area (Å²) >= 11 is 1.73. The predicted octanol–water partition coefficient (Wildman–Crippen LogP) is 1.49. The van der Waals surface area contributed by atoms with E-state index in [1.165, 1.54) is 4.90 Å². The van der Waals surface area contributed by atoms with Crippen molar-refractivity contribution in [2.24, 2.45) is 5.73 Å². The minimum absolute atomic E-state index is 0.0928. The molecule has 0 saturated carbocycles. The first kappa shape index (κ1) is 10.6. The SMILES string of the molecule is N[C@H](CCO)CSc1ccccc1. The number of rotatable bonds is 5. The van der Waals surface area contributed by atoms with Gasteiger partial charge < -0.3 is 10.8 Å². The molecular formula is C10H15NOS. The van der Waals surface area contributed by atoms with Crippen molar-refractivity contribution in [3.63, 3.8) is 0 Å². The van der Waals surface area contributed by atoms with Gasteiger partial charge in [0.15, 0.2) is 0 Å². The van der Waals surface area contributed by atoms with Gasteiger partial charge in [-0.1, -0.05) is 18.2 Å². The predicted molar refractivity (Wildman–Crippen MR) is 56.8 cm³/mol. The number of benzene rings is 1. The lowest BCUT2D eigenvalue weighted by Gasteiger charge is -2.08. The average Bonchev–Trinajstić information content (AvgIpc) is 2.17. The van der Waals surface area contributed by atoms with Crippen LogP contribution in [0.4, 0.5) is 0 Å². The molecule has 72 valence electrons. The Hall–Kier alpha value is -0.510. The third kappa shape index (κ3) is 4.31. The second-order valence-corrected chi connectivity index (χ2v) is 3.99. The molecule has 0 bridgehead atoms. The summed E-state index contributed by atoms with van der Waals surface area (Å²) in [5, 5.41) is 8.64. The molecule has 1 rings (SSSR count). The van der Waals surface area contributed by atoms with Crippen LogP contribution < -0.4 is 5.73 Å².